The van der Waals surface area contributed by atoms with Gasteiger partial charge in [-0.05, 0) is 111 Å². The Bertz CT molecular complexity index is 2500. The van der Waals surface area contributed by atoms with E-state index < -0.39 is 0 Å². The fraction of sp³-hybridized carbons (Fsp3) is 0.483. The number of benzene rings is 4. The van der Waals surface area contributed by atoms with Crippen LogP contribution in [-0.4, -0.2) is 82.5 Å². The molecule has 0 unspecified atom stereocenters. The molecule has 2 aromatic heterocycles. The average Bonchev–Trinajstić information content (AvgIpc) is 3.40. The first kappa shape index (κ1) is 56.5. The minimum absolute atomic E-state index is 0.116. The molecule has 0 radical (unpaired) electrons. The number of nitrogens with one attached hydrogen (secondary N) is 4. The molecule has 0 spiro atoms. The van der Waals surface area contributed by atoms with Crippen molar-refractivity contribution in [3.8, 4) is 23.0 Å². The summed E-state index contributed by atoms with van der Waals surface area (Å²) in [5.74, 6) is 5.02. The van der Waals surface area contributed by atoms with Gasteiger partial charge in [-0.1, -0.05) is 89.8 Å². The van der Waals surface area contributed by atoms with E-state index in [1.165, 1.54) is 0 Å². The maximum atomic E-state index is 6.83. The van der Waals surface area contributed by atoms with Crippen molar-refractivity contribution in [3.63, 3.8) is 0 Å². The van der Waals surface area contributed by atoms with Gasteiger partial charge in [0, 0.05) is 72.4 Å². The van der Waals surface area contributed by atoms with Gasteiger partial charge in [0.1, 0.15) is 23.0 Å². The van der Waals surface area contributed by atoms with Gasteiger partial charge in [-0.25, -0.2) is 0 Å². The third-order valence-electron chi connectivity index (χ3n) is 12.8. The fourth-order valence-electron chi connectivity index (χ4n) is 9.35. The highest BCUT2D eigenvalue weighted by Gasteiger charge is 2.24. The van der Waals surface area contributed by atoms with E-state index in [-0.39, 0.29) is 11.9 Å². The summed E-state index contributed by atoms with van der Waals surface area (Å²) in [5.41, 5.74) is 33.6. The molecule has 2 heterocycles. The van der Waals surface area contributed by atoms with Crippen molar-refractivity contribution >= 4 is 47.1 Å². The molecule has 12 N–H and O–H groups in total. The number of fused-ring (bicyclic) bond motifs is 8. The largest absolute Gasteiger partial charge is 0.493 e. The number of anilines is 8. The van der Waals surface area contributed by atoms with Crippen molar-refractivity contribution in [1.29, 1.82) is 0 Å². The Balaban J connectivity index is 1.36. The van der Waals surface area contributed by atoms with E-state index in [1.807, 2.05) is 0 Å². The van der Waals surface area contributed by atoms with Crippen LogP contribution in [-0.2, 0) is 25.7 Å². The van der Waals surface area contributed by atoms with Crippen molar-refractivity contribution in [2.45, 2.75) is 130 Å². The highest BCUT2D eigenvalue weighted by atomic mass is 16.5. The first-order valence-electron chi connectivity index (χ1n) is 27.7. The summed E-state index contributed by atoms with van der Waals surface area (Å²) in [6.45, 7) is 13.4. The topological polar surface area (TPSA) is 266 Å². The predicted octanol–water partition coefficient (Wildman–Crippen LogP) is 10.4. The first-order valence-corrected chi connectivity index (χ1v) is 27.7. The molecule has 0 saturated carbocycles. The Morgan fingerprint density at radius 3 is 1.01 bits per heavy atom. The zero-order valence-corrected chi connectivity index (χ0v) is 45.4. The second-order valence-corrected chi connectivity index (χ2v) is 19.3. The van der Waals surface area contributed by atoms with Crippen LogP contribution in [0.2, 0.25) is 0 Å². The number of hydrogen-bond acceptors (Lipinski definition) is 18. The number of ether oxygens (including phenoxy) is 4. The lowest BCUT2D eigenvalue weighted by Gasteiger charge is -2.24. The SMILES string of the molecule is CCCOc1c2cccc1Cc1cc(Nc3nc(N)nc(NCCCCCCN)n3)cc(c1OCCC)Cc1cccc(c1OCCC)Cc1cc(Nc3nc(N)nc(NCCCCCCN)n3)cc(c1OCCC)C2. The molecule has 7 rings (SSSR count). The van der Waals surface area contributed by atoms with Crippen LogP contribution in [0.15, 0.2) is 60.7 Å². The monoisotopic (exact) mass is 1040 g/mol. The predicted molar refractivity (Wildman–Crippen MR) is 307 cm³/mol. The summed E-state index contributed by atoms with van der Waals surface area (Å²) in [7, 11) is 0. The van der Waals surface area contributed by atoms with Gasteiger partial charge in [-0.15, -0.1) is 0 Å². The van der Waals surface area contributed by atoms with Crippen LogP contribution in [0.5, 0.6) is 23.0 Å². The van der Waals surface area contributed by atoms with E-state index in [4.69, 9.17) is 51.9 Å². The number of hydrogen-bond donors (Lipinski definition) is 8. The Morgan fingerprint density at radius 2 is 0.697 bits per heavy atom. The van der Waals surface area contributed by atoms with Gasteiger partial charge in [0.05, 0.1) is 26.4 Å². The zero-order chi connectivity index (χ0) is 53.5. The summed E-state index contributed by atoms with van der Waals surface area (Å²) in [6.07, 6.45) is 13.6. The number of nitrogens with zero attached hydrogens (tertiary/aromatic N) is 6. The minimum atomic E-state index is 0.116. The highest BCUT2D eigenvalue weighted by molar-refractivity contribution is 5.66. The third-order valence-corrected chi connectivity index (χ3v) is 12.8. The van der Waals surface area contributed by atoms with Gasteiger partial charge in [0.2, 0.25) is 35.7 Å². The second kappa shape index (κ2) is 29.8. The van der Waals surface area contributed by atoms with E-state index in [0.29, 0.717) is 102 Å². The normalized spacial score (nSPS) is 12.0. The smallest absolute Gasteiger partial charge is 0.233 e. The van der Waals surface area contributed by atoms with Crippen molar-refractivity contribution in [2.24, 2.45) is 11.5 Å². The number of unbranched alkanes of at least 4 members (excludes halogenated alkanes) is 6. The molecule has 0 atom stereocenters. The molecule has 6 aromatic rings. The second-order valence-electron chi connectivity index (χ2n) is 19.3. The molecule has 4 aromatic carbocycles. The standard InChI is InChI=1S/C58H82N14O4/c1-5-27-73-49-39-19-17-20-40(49)32-44-36-48(66-58-70-54(62)68-56(72-58)64-26-16-12-10-14-24-60)38-46(52(44)76-30-8-4)34-42-22-18-21-41(50(42)74-28-6-2)33-45-37-47(35-43(31-39)51(45)75-29-7-3)65-57-69-53(61)67-55(71-57)63-25-15-11-9-13-23-59/h17-22,35-38H,5-16,23-34,59-60H2,1-4H3,(H4,61,63,65,67,69,71)(H4,62,64,66,68,70,72). The minimum Gasteiger partial charge on any atom is -0.493 e. The summed E-state index contributed by atoms with van der Waals surface area (Å²) in [4.78, 5) is 27.4. The van der Waals surface area contributed by atoms with E-state index in [2.05, 4.69) is 130 Å². The van der Waals surface area contributed by atoms with Gasteiger partial charge in [-0.3, -0.25) is 0 Å². The molecule has 76 heavy (non-hydrogen) atoms. The maximum Gasteiger partial charge on any atom is 0.233 e. The molecule has 0 amide bonds. The number of rotatable bonds is 30. The molecule has 0 fully saturated rings. The number of nitrogens with two attached hydrogens (primary N) is 4. The van der Waals surface area contributed by atoms with Gasteiger partial charge in [0.25, 0.3) is 0 Å². The van der Waals surface area contributed by atoms with Crippen LogP contribution < -0.4 is 63.1 Å². The molecule has 0 saturated heterocycles. The van der Waals surface area contributed by atoms with Crippen LogP contribution in [0.25, 0.3) is 0 Å². The van der Waals surface area contributed by atoms with Crippen LogP contribution in [0.4, 0.5) is 47.1 Å². The quantitative estimate of drug-likeness (QED) is 0.0195. The van der Waals surface area contributed by atoms with Gasteiger partial charge in [0.15, 0.2) is 0 Å². The van der Waals surface area contributed by atoms with Crippen molar-refractivity contribution in [3.05, 3.63) is 105 Å². The van der Waals surface area contributed by atoms with E-state index in [1.54, 1.807) is 0 Å². The summed E-state index contributed by atoms with van der Waals surface area (Å²) >= 11 is 0. The number of nitrogen functional groups attached to an aromatic ring is 2. The zero-order valence-electron chi connectivity index (χ0n) is 45.4. The molecule has 18 heteroatoms. The Labute approximate surface area is 449 Å². The summed E-state index contributed by atoms with van der Waals surface area (Å²) in [6, 6.07) is 21.3. The van der Waals surface area contributed by atoms with Gasteiger partial charge in [-0.2, -0.15) is 29.9 Å². The Hall–Kier alpha value is -7.18. The van der Waals surface area contributed by atoms with Crippen LogP contribution in [0.3, 0.4) is 0 Å². The summed E-state index contributed by atoms with van der Waals surface area (Å²) in [5, 5.41) is 13.7. The molecular formula is C58H82N14O4. The molecule has 408 valence electrons. The number of aromatic nitrogens is 6. The third kappa shape index (κ3) is 16.4. The van der Waals surface area contributed by atoms with Crippen molar-refractivity contribution < 1.29 is 18.9 Å². The van der Waals surface area contributed by atoms with E-state index in [9.17, 15) is 0 Å². The lowest BCUT2D eigenvalue weighted by molar-refractivity contribution is 0.304. The van der Waals surface area contributed by atoms with E-state index in [0.717, 1.165) is 156 Å². The average molecular weight is 1040 g/mol. The highest BCUT2D eigenvalue weighted by Crippen LogP contribution is 2.42. The summed E-state index contributed by atoms with van der Waals surface area (Å²) < 4.78 is 27.3. The molecule has 1 aliphatic rings. The first-order chi connectivity index (χ1) is 37.2. The van der Waals surface area contributed by atoms with Crippen LogP contribution in [0, 0.1) is 0 Å². The van der Waals surface area contributed by atoms with Gasteiger partial charge < -0.3 is 63.1 Å². The Kier molecular flexibility index (Phi) is 22.2. The molecule has 0 aliphatic heterocycles. The molecular weight excluding hydrogens is 957 g/mol. The van der Waals surface area contributed by atoms with Crippen molar-refractivity contribution in [2.75, 3.05) is 85.3 Å². The lowest BCUT2D eigenvalue weighted by Crippen LogP contribution is -2.12. The molecule has 18 nitrogen and oxygen atoms in total. The van der Waals surface area contributed by atoms with E-state index >= 15 is 0 Å². The van der Waals surface area contributed by atoms with Crippen molar-refractivity contribution in [1.82, 2.24) is 29.9 Å². The van der Waals surface area contributed by atoms with Gasteiger partial charge >= 0.3 is 0 Å². The molecule has 1 aliphatic carbocycles. The fourth-order valence-corrected chi connectivity index (χ4v) is 9.35. The van der Waals surface area contributed by atoms with Crippen LogP contribution in [0.1, 0.15) is 149 Å². The maximum absolute atomic E-state index is 6.83. The Morgan fingerprint density at radius 1 is 0.395 bits per heavy atom. The molecule has 8 bridgehead atoms. The number of para-hydroxylation sites is 2. The lowest BCUT2D eigenvalue weighted by atomic mass is 9.90. The van der Waals surface area contributed by atoms with Crippen LogP contribution >= 0.6 is 0 Å².